The third kappa shape index (κ3) is 4.40. The van der Waals surface area contributed by atoms with Crippen molar-refractivity contribution in [3.05, 3.63) is 59.2 Å². The molecule has 0 atom stereocenters. The molecule has 1 aliphatic rings. The number of imidazole rings is 1. The van der Waals surface area contributed by atoms with Gasteiger partial charge < -0.3 is 23.7 Å². The molecule has 33 heavy (non-hydrogen) atoms. The zero-order valence-electron chi connectivity index (χ0n) is 19.5. The second-order valence-corrected chi connectivity index (χ2v) is 9.30. The Hall–Kier alpha value is -2.75. The van der Waals surface area contributed by atoms with Crippen LogP contribution < -0.4 is 5.46 Å². The van der Waals surface area contributed by atoms with Crippen LogP contribution in [0.4, 0.5) is 4.39 Å². The normalized spacial score (nSPS) is 17.1. The van der Waals surface area contributed by atoms with E-state index >= 15 is 4.39 Å². The predicted octanol–water partition coefficient (Wildman–Crippen LogP) is 3.41. The summed E-state index contributed by atoms with van der Waals surface area (Å²) >= 11 is 0. The summed E-state index contributed by atoms with van der Waals surface area (Å²) in [5.41, 5.74) is 1.58. The number of ether oxygens (including phenoxy) is 1. The summed E-state index contributed by atoms with van der Waals surface area (Å²) in [4.78, 5) is 16.0. The Morgan fingerprint density at radius 1 is 1.15 bits per heavy atom. The summed E-state index contributed by atoms with van der Waals surface area (Å²) in [6.07, 6.45) is 0.246. The molecule has 1 aliphatic heterocycles. The van der Waals surface area contributed by atoms with E-state index in [9.17, 15) is 9.90 Å². The molecule has 0 spiro atoms. The quantitative estimate of drug-likeness (QED) is 0.551. The molecule has 1 fully saturated rings. The third-order valence-electron chi connectivity index (χ3n) is 6.54. The lowest BCUT2D eigenvalue weighted by molar-refractivity contribution is 0.00578. The zero-order chi connectivity index (χ0) is 24.0. The summed E-state index contributed by atoms with van der Waals surface area (Å²) in [7, 11) is 0.953. The van der Waals surface area contributed by atoms with Crippen LogP contribution in [0.1, 0.15) is 49.4 Å². The molecule has 3 aromatic rings. The van der Waals surface area contributed by atoms with Crippen molar-refractivity contribution < 1.29 is 28.3 Å². The fraction of sp³-hybridized carbons (Fsp3) is 0.417. The van der Waals surface area contributed by atoms with E-state index in [0.717, 1.165) is 0 Å². The van der Waals surface area contributed by atoms with Crippen molar-refractivity contribution in [1.82, 2.24) is 9.55 Å². The van der Waals surface area contributed by atoms with Crippen molar-refractivity contribution in [2.45, 2.75) is 51.9 Å². The van der Waals surface area contributed by atoms with Crippen molar-refractivity contribution in [3.8, 4) is 0 Å². The molecule has 0 bridgehead atoms. The molecule has 0 saturated carbocycles. The largest absolute Gasteiger partial charge is 0.494 e. The minimum atomic E-state index is -1.01. The van der Waals surface area contributed by atoms with Gasteiger partial charge in [-0.2, -0.15) is 0 Å². The maximum atomic E-state index is 15.1. The topological polar surface area (TPSA) is 82.8 Å². The average Bonchev–Trinajstić information content (AvgIpc) is 3.19. The van der Waals surface area contributed by atoms with E-state index in [0.29, 0.717) is 41.0 Å². The molecule has 1 N–H and O–H groups in total. The first kappa shape index (κ1) is 23.4. The highest BCUT2D eigenvalue weighted by Crippen LogP contribution is 2.36. The molecule has 0 unspecified atom stereocenters. The Morgan fingerprint density at radius 3 is 2.45 bits per heavy atom. The van der Waals surface area contributed by atoms with Gasteiger partial charge in [0.2, 0.25) is 0 Å². The Morgan fingerprint density at radius 2 is 1.85 bits per heavy atom. The molecule has 1 aromatic heterocycles. The van der Waals surface area contributed by atoms with E-state index in [-0.39, 0.29) is 17.8 Å². The standard InChI is InChI=1S/C24H28BFN2O5/c1-23(2)24(3,4)33-25(32-23)17-8-6-15(18(26)14-17)13-21-27-19-9-7-16(22(29)30)12-20(19)28(21)10-11-31-5/h6-9,12,14H,10-11,13H2,1-5H3,(H,29,30). The van der Waals surface area contributed by atoms with E-state index in [2.05, 4.69) is 4.98 Å². The number of fused-ring (bicyclic) bond motifs is 1. The van der Waals surface area contributed by atoms with E-state index in [1.807, 2.05) is 38.3 Å². The first-order chi connectivity index (χ1) is 15.5. The van der Waals surface area contributed by atoms with Crippen molar-refractivity contribution in [1.29, 1.82) is 0 Å². The Labute approximate surface area is 192 Å². The van der Waals surface area contributed by atoms with Gasteiger partial charge in [-0.25, -0.2) is 14.2 Å². The molecule has 0 aliphatic carbocycles. The molecule has 1 saturated heterocycles. The highest BCUT2D eigenvalue weighted by molar-refractivity contribution is 6.62. The number of carboxylic acid groups (broad SMARTS) is 1. The summed E-state index contributed by atoms with van der Waals surface area (Å²) in [5, 5.41) is 9.35. The number of rotatable bonds is 7. The fourth-order valence-corrected chi connectivity index (χ4v) is 3.88. The van der Waals surface area contributed by atoms with Crippen LogP contribution >= 0.6 is 0 Å². The van der Waals surface area contributed by atoms with E-state index in [1.165, 1.54) is 12.1 Å². The molecular formula is C24H28BFN2O5. The van der Waals surface area contributed by atoms with Gasteiger partial charge in [0.25, 0.3) is 0 Å². The number of aromatic nitrogens is 2. The SMILES string of the molecule is COCCn1c(Cc2ccc(B3OC(C)(C)C(C)(C)O3)cc2F)nc2ccc(C(=O)O)cc21. The van der Waals surface area contributed by atoms with Gasteiger partial charge in [-0.15, -0.1) is 0 Å². The third-order valence-corrected chi connectivity index (χ3v) is 6.54. The van der Waals surface area contributed by atoms with Crippen LogP contribution in [0.2, 0.25) is 0 Å². The number of methoxy groups -OCH3 is 1. The highest BCUT2D eigenvalue weighted by Gasteiger charge is 2.51. The van der Waals surface area contributed by atoms with E-state index in [4.69, 9.17) is 14.0 Å². The fourth-order valence-electron chi connectivity index (χ4n) is 3.88. The maximum Gasteiger partial charge on any atom is 0.494 e. The van der Waals surface area contributed by atoms with Crippen LogP contribution in [-0.2, 0) is 27.0 Å². The number of carbonyl (C=O) groups is 1. The Balaban J connectivity index is 1.65. The number of hydrogen-bond acceptors (Lipinski definition) is 5. The second-order valence-electron chi connectivity index (χ2n) is 9.30. The molecule has 2 heterocycles. The number of nitrogens with zero attached hydrogens (tertiary/aromatic N) is 2. The number of benzene rings is 2. The monoisotopic (exact) mass is 454 g/mol. The first-order valence-electron chi connectivity index (χ1n) is 10.9. The van der Waals surface area contributed by atoms with Crippen molar-refractivity contribution in [3.63, 3.8) is 0 Å². The second kappa shape index (κ2) is 8.55. The molecule has 4 rings (SSSR count). The molecule has 9 heteroatoms. The van der Waals surface area contributed by atoms with Gasteiger partial charge >= 0.3 is 13.1 Å². The van der Waals surface area contributed by atoms with Gasteiger partial charge in [-0.1, -0.05) is 12.1 Å². The smallest absolute Gasteiger partial charge is 0.478 e. The van der Waals surface area contributed by atoms with E-state index in [1.54, 1.807) is 25.3 Å². The zero-order valence-corrected chi connectivity index (χ0v) is 19.5. The highest BCUT2D eigenvalue weighted by atomic mass is 19.1. The first-order valence-corrected chi connectivity index (χ1v) is 10.9. The number of halogens is 1. The molecule has 7 nitrogen and oxygen atoms in total. The molecule has 0 amide bonds. The van der Waals surface area contributed by atoms with Crippen LogP contribution in [-0.4, -0.2) is 52.7 Å². The summed E-state index contributed by atoms with van der Waals surface area (Å²) < 4.78 is 34.3. The van der Waals surface area contributed by atoms with Crippen LogP contribution in [0.25, 0.3) is 11.0 Å². The summed E-state index contributed by atoms with van der Waals surface area (Å²) in [6, 6.07) is 9.75. The van der Waals surface area contributed by atoms with Gasteiger partial charge in [0.1, 0.15) is 11.6 Å². The summed E-state index contributed by atoms with van der Waals surface area (Å²) in [5.74, 6) is -0.757. The summed E-state index contributed by atoms with van der Waals surface area (Å²) in [6.45, 7) is 8.71. The van der Waals surface area contributed by atoms with Gasteiger partial charge in [0.05, 0.1) is 34.4 Å². The average molecular weight is 454 g/mol. The number of carboxylic acids is 1. The van der Waals surface area contributed by atoms with Crippen LogP contribution in [0.3, 0.4) is 0 Å². The lowest BCUT2D eigenvalue weighted by atomic mass is 9.78. The lowest BCUT2D eigenvalue weighted by Gasteiger charge is -2.32. The predicted molar refractivity (Wildman–Crippen MR) is 123 cm³/mol. The van der Waals surface area contributed by atoms with Crippen LogP contribution in [0.15, 0.2) is 36.4 Å². The molecule has 174 valence electrons. The van der Waals surface area contributed by atoms with Crippen molar-refractivity contribution >= 4 is 29.6 Å². The van der Waals surface area contributed by atoms with E-state index < -0.39 is 24.3 Å². The van der Waals surface area contributed by atoms with Gasteiger partial charge in [0, 0.05) is 20.1 Å². The van der Waals surface area contributed by atoms with Crippen LogP contribution in [0, 0.1) is 5.82 Å². The minimum Gasteiger partial charge on any atom is -0.478 e. The van der Waals surface area contributed by atoms with Crippen molar-refractivity contribution in [2.75, 3.05) is 13.7 Å². The van der Waals surface area contributed by atoms with Gasteiger partial charge in [-0.05, 0) is 63.0 Å². The molecule has 2 aromatic carbocycles. The van der Waals surface area contributed by atoms with Gasteiger partial charge in [-0.3, -0.25) is 0 Å². The van der Waals surface area contributed by atoms with Crippen LogP contribution in [0.5, 0.6) is 0 Å². The molecule has 0 radical (unpaired) electrons. The Kier molecular flexibility index (Phi) is 6.07. The molecular weight excluding hydrogens is 426 g/mol. The number of aromatic carboxylic acids is 1. The lowest BCUT2D eigenvalue weighted by Crippen LogP contribution is -2.41. The Bertz CT molecular complexity index is 1190. The minimum absolute atomic E-state index is 0.172. The van der Waals surface area contributed by atoms with Gasteiger partial charge in [0.15, 0.2) is 0 Å². The number of hydrogen-bond donors (Lipinski definition) is 1. The maximum absolute atomic E-state index is 15.1. The van der Waals surface area contributed by atoms with Crippen molar-refractivity contribution in [2.24, 2.45) is 0 Å².